The highest BCUT2D eigenvalue weighted by molar-refractivity contribution is 5.81. The normalized spacial score (nSPS) is 37.1. The number of hydrogen-bond acceptors (Lipinski definition) is 3. The zero-order valence-electron chi connectivity index (χ0n) is 12.9. The predicted octanol–water partition coefficient (Wildman–Crippen LogP) is 1.17. The first-order valence-electron chi connectivity index (χ1n) is 7.68. The van der Waals surface area contributed by atoms with Gasteiger partial charge in [-0.15, -0.1) is 0 Å². The van der Waals surface area contributed by atoms with Gasteiger partial charge in [0, 0.05) is 39.8 Å². The molecule has 1 aliphatic carbocycles. The highest BCUT2D eigenvalue weighted by Gasteiger charge is 2.38. The third-order valence-electron chi connectivity index (χ3n) is 4.85. The molecule has 2 aliphatic rings. The molecule has 4 nitrogen and oxygen atoms in total. The van der Waals surface area contributed by atoms with Crippen LogP contribution in [0.3, 0.4) is 0 Å². The van der Waals surface area contributed by atoms with Gasteiger partial charge in [0.05, 0.1) is 0 Å². The Balaban J connectivity index is 2.12. The van der Waals surface area contributed by atoms with Gasteiger partial charge in [-0.3, -0.25) is 9.69 Å². The summed E-state index contributed by atoms with van der Waals surface area (Å²) in [5, 5.41) is 3.38. The molecular formula is C15H29N3O. The molecule has 2 fully saturated rings. The maximum absolute atomic E-state index is 12.4. The standard InChI is InChI=1S/C15H29N3O/c1-11-5-6-12(2)13(9-11)18-8-7-16-10-14(18)15(19)17(3)4/h11-14,16H,5-10H2,1-4H3. The van der Waals surface area contributed by atoms with Gasteiger partial charge in [0.15, 0.2) is 0 Å². The number of likely N-dealkylation sites (N-methyl/N-ethyl adjacent to an activating group) is 1. The van der Waals surface area contributed by atoms with Crippen molar-refractivity contribution >= 4 is 5.91 Å². The topological polar surface area (TPSA) is 35.6 Å². The van der Waals surface area contributed by atoms with Gasteiger partial charge in [0.25, 0.3) is 0 Å². The van der Waals surface area contributed by atoms with Crippen molar-refractivity contribution < 1.29 is 4.79 Å². The molecule has 1 saturated carbocycles. The molecule has 1 saturated heterocycles. The number of piperazine rings is 1. The van der Waals surface area contributed by atoms with Crippen LogP contribution in [0.1, 0.15) is 33.1 Å². The van der Waals surface area contributed by atoms with Gasteiger partial charge in [-0.05, 0) is 24.7 Å². The zero-order valence-corrected chi connectivity index (χ0v) is 12.9. The number of nitrogens with one attached hydrogen (secondary N) is 1. The Morgan fingerprint density at radius 2 is 2.00 bits per heavy atom. The molecule has 2 rings (SSSR count). The maximum atomic E-state index is 12.4. The van der Waals surface area contributed by atoms with Crippen molar-refractivity contribution in [1.29, 1.82) is 0 Å². The minimum absolute atomic E-state index is 0.0292. The summed E-state index contributed by atoms with van der Waals surface area (Å²) in [6, 6.07) is 0.612. The van der Waals surface area contributed by atoms with Crippen molar-refractivity contribution in [2.24, 2.45) is 11.8 Å². The van der Waals surface area contributed by atoms with E-state index < -0.39 is 0 Å². The lowest BCUT2D eigenvalue weighted by atomic mass is 9.78. The monoisotopic (exact) mass is 267 g/mol. The summed E-state index contributed by atoms with van der Waals surface area (Å²) in [5.41, 5.74) is 0. The van der Waals surface area contributed by atoms with Gasteiger partial charge >= 0.3 is 0 Å². The van der Waals surface area contributed by atoms with Crippen molar-refractivity contribution in [3.63, 3.8) is 0 Å². The van der Waals surface area contributed by atoms with Crippen LogP contribution in [0.5, 0.6) is 0 Å². The Bertz CT molecular complexity index is 319. The van der Waals surface area contributed by atoms with Crippen molar-refractivity contribution in [1.82, 2.24) is 15.1 Å². The van der Waals surface area contributed by atoms with Gasteiger partial charge in [-0.2, -0.15) is 0 Å². The number of carbonyl (C=O) groups excluding carboxylic acids is 1. The van der Waals surface area contributed by atoms with E-state index >= 15 is 0 Å². The van der Waals surface area contributed by atoms with E-state index in [0.717, 1.165) is 25.6 Å². The molecule has 0 aromatic carbocycles. The lowest BCUT2D eigenvalue weighted by molar-refractivity contribution is -0.137. The van der Waals surface area contributed by atoms with E-state index in [0.29, 0.717) is 12.0 Å². The Kier molecular flexibility index (Phi) is 4.85. The molecular weight excluding hydrogens is 238 g/mol. The third-order valence-corrected chi connectivity index (χ3v) is 4.85. The van der Waals surface area contributed by atoms with Crippen molar-refractivity contribution in [3.8, 4) is 0 Å². The average Bonchev–Trinajstić information content (AvgIpc) is 2.40. The summed E-state index contributed by atoms with van der Waals surface area (Å²) in [6.45, 7) is 7.52. The molecule has 0 radical (unpaired) electrons. The smallest absolute Gasteiger partial charge is 0.240 e. The van der Waals surface area contributed by atoms with Gasteiger partial charge in [-0.1, -0.05) is 20.3 Å². The highest BCUT2D eigenvalue weighted by atomic mass is 16.2. The molecule has 4 unspecified atom stereocenters. The largest absolute Gasteiger partial charge is 0.347 e. The zero-order chi connectivity index (χ0) is 14.0. The molecule has 4 atom stereocenters. The molecule has 0 aromatic heterocycles. The van der Waals surface area contributed by atoms with Crippen LogP contribution in [0.15, 0.2) is 0 Å². The van der Waals surface area contributed by atoms with Crippen LogP contribution in [0.2, 0.25) is 0 Å². The van der Waals surface area contributed by atoms with Gasteiger partial charge < -0.3 is 10.2 Å². The number of nitrogens with zero attached hydrogens (tertiary/aromatic N) is 2. The number of amides is 1. The first-order chi connectivity index (χ1) is 9.00. The number of rotatable bonds is 2. The second-order valence-corrected chi connectivity index (χ2v) is 6.65. The molecule has 1 aliphatic heterocycles. The summed E-state index contributed by atoms with van der Waals surface area (Å²) >= 11 is 0. The quantitative estimate of drug-likeness (QED) is 0.816. The van der Waals surface area contributed by atoms with Crippen molar-refractivity contribution in [2.75, 3.05) is 33.7 Å². The molecule has 1 N–H and O–H groups in total. The van der Waals surface area contributed by atoms with Crippen LogP contribution in [0, 0.1) is 11.8 Å². The Labute approximate surface area is 117 Å². The molecule has 110 valence electrons. The van der Waals surface area contributed by atoms with Crippen LogP contribution in [-0.4, -0.2) is 61.5 Å². The van der Waals surface area contributed by atoms with E-state index in [1.807, 2.05) is 14.1 Å². The van der Waals surface area contributed by atoms with Crippen LogP contribution < -0.4 is 5.32 Å². The lowest BCUT2D eigenvalue weighted by Crippen LogP contribution is -2.62. The van der Waals surface area contributed by atoms with E-state index in [4.69, 9.17) is 0 Å². The highest BCUT2D eigenvalue weighted by Crippen LogP contribution is 2.33. The van der Waals surface area contributed by atoms with E-state index in [1.165, 1.54) is 19.3 Å². The van der Waals surface area contributed by atoms with Crippen LogP contribution in [0.25, 0.3) is 0 Å². The minimum Gasteiger partial charge on any atom is -0.347 e. The molecule has 1 amide bonds. The fourth-order valence-corrected chi connectivity index (χ4v) is 3.61. The van der Waals surface area contributed by atoms with Crippen molar-refractivity contribution in [2.45, 2.75) is 45.2 Å². The van der Waals surface area contributed by atoms with Gasteiger partial charge in [0.1, 0.15) is 6.04 Å². The lowest BCUT2D eigenvalue weighted by Gasteiger charge is -2.46. The first-order valence-corrected chi connectivity index (χ1v) is 7.68. The van der Waals surface area contributed by atoms with Crippen LogP contribution in [0.4, 0.5) is 0 Å². The summed E-state index contributed by atoms with van der Waals surface area (Å²) in [6.07, 6.45) is 3.90. The fraction of sp³-hybridized carbons (Fsp3) is 0.933. The molecule has 0 bridgehead atoms. The molecule has 1 heterocycles. The first kappa shape index (κ1) is 14.8. The van der Waals surface area contributed by atoms with Crippen LogP contribution >= 0.6 is 0 Å². The van der Waals surface area contributed by atoms with E-state index in [1.54, 1.807) is 4.90 Å². The Morgan fingerprint density at radius 3 is 2.68 bits per heavy atom. The SMILES string of the molecule is CC1CCC(C)C(N2CCNCC2C(=O)N(C)C)C1. The summed E-state index contributed by atoms with van der Waals surface area (Å²) < 4.78 is 0. The molecule has 19 heavy (non-hydrogen) atoms. The van der Waals surface area contributed by atoms with Gasteiger partial charge in [-0.25, -0.2) is 0 Å². The minimum atomic E-state index is 0.0292. The fourth-order valence-electron chi connectivity index (χ4n) is 3.61. The summed E-state index contributed by atoms with van der Waals surface area (Å²) in [4.78, 5) is 16.6. The Hall–Kier alpha value is -0.610. The summed E-state index contributed by atoms with van der Waals surface area (Å²) in [7, 11) is 3.73. The van der Waals surface area contributed by atoms with E-state index in [-0.39, 0.29) is 11.9 Å². The van der Waals surface area contributed by atoms with E-state index in [2.05, 4.69) is 24.1 Å². The van der Waals surface area contributed by atoms with Crippen LogP contribution in [-0.2, 0) is 4.79 Å². The van der Waals surface area contributed by atoms with E-state index in [9.17, 15) is 4.79 Å². The Morgan fingerprint density at radius 1 is 1.26 bits per heavy atom. The average molecular weight is 267 g/mol. The molecule has 0 aromatic rings. The number of hydrogen-bond donors (Lipinski definition) is 1. The molecule has 4 heteroatoms. The molecule has 0 spiro atoms. The second-order valence-electron chi connectivity index (χ2n) is 6.65. The second kappa shape index (κ2) is 6.23. The maximum Gasteiger partial charge on any atom is 0.240 e. The van der Waals surface area contributed by atoms with Gasteiger partial charge in [0.2, 0.25) is 5.91 Å². The summed E-state index contributed by atoms with van der Waals surface area (Å²) in [5.74, 6) is 1.76. The third kappa shape index (κ3) is 3.29. The predicted molar refractivity (Wildman–Crippen MR) is 78.0 cm³/mol. The van der Waals surface area contributed by atoms with Crippen molar-refractivity contribution in [3.05, 3.63) is 0 Å². The number of carbonyl (C=O) groups is 1.